The Kier molecular flexibility index (Phi) is 5.41. The molecule has 1 aromatic rings. The van der Waals surface area contributed by atoms with E-state index in [0.29, 0.717) is 0 Å². The summed E-state index contributed by atoms with van der Waals surface area (Å²) in [4.78, 5) is 0.117. The number of sulfonamides is 1. The lowest BCUT2D eigenvalue weighted by Crippen LogP contribution is -2.43. The van der Waals surface area contributed by atoms with Gasteiger partial charge in [0.15, 0.2) is 6.23 Å². The Bertz CT molecular complexity index is 576. The van der Waals surface area contributed by atoms with Crippen molar-refractivity contribution in [1.29, 1.82) is 0 Å². The lowest BCUT2D eigenvalue weighted by Gasteiger charge is -2.27. The van der Waals surface area contributed by atoms with Crippen molar-refractivity contribution in [2.75, 3.05) is 20.3 Å². The zero-order chi connectivity index (χ0) is 15.7. The molecule has 1 aromatic carbocycles. The molecule has 0 N–H and O–H groups in total. The zero-order valence-corrected chi connectivity index (χ0v) is 14.2. The average Bonchev–Trinajstić information content (AvgIpc) is 2.85. The summed E-state index contributed by atoms with van der Waals surface area (Å²) in [7, 11) is -2.33. The third-order valence-electron chi connectivity index (χ3n) is 2.95. The third-order valence-corrected chi connectivity index (χ3v) is 5.33. The van der Waals surface area contributed by atoms with E-state index in [4.69, 9.17) is 44.3 Å². The summed E-state index contributed by atoms with van der Waals surface area (Å²) in [5, 5.41) is 0. The molecule has 0 spiro atoms. The summed E-state index contributed by atoms with van der Waals surface area (Å²) in [6, 6.07) is 7.93. The van der Waals surface area contributed by atoms with Crippen molar-refractivity contribution in [3.8, 4) is 0 Å². The fourth-order valence-electron chi connectivity index (χ4n) is 2.06. The van der Waals surface area contributed by atoms with Gasteiger partial charge in [0.25, 0.3) is 0 Å². The molecule has 0 radical (unpaired) electrons. The van der Waals surface area contributed by atoms with Crippen molar-refractivity contribution < 1.29 is 17.9 Å². The maximum Gasteiger partial charge on any atom is 0.245 e. The smallest absolute Gasteiger partial charge is 0.245 e. The number of ether oxygens (including phenoxy) is 2. The number of benzene rings is 1. The van der Waals surface area contributed by atoms with Gasteiger partial charge >= 0.3 is 0 Å². The number of alkyl halides is 3. The van der Waals surface area contributed by atoms with E-state index < -0.39 is 26.1 Å². The predicted octanol–water partition coefficient (Wildman–Crippen LogP) is 2.42. The Hall–Kier alpha value is -0.0800. The van der Waals surface area contributed by atoms with Crippen LogP contribution in [-0.4, -0.2) is 49.1 Å². The van der Waals surface area contributed by atoms with Crippen LogP contribution in [0.15, 0.2) is 35.2 Å². The average molecular weight is 375 g/mol. The van der Waals surface area contributed by atoms with Crippen LogP contribution in [0.2, 0.25) is 0 Å². The molecular weight excluding hydrogens is 361 g/mol. The molecule has 0 saturated carbocycles. The number of hydrogen-bond acceptors (Lipinski definition) is 4. The van der Waals surface area contributed by atoms with Crippen molar-refractivity contribution in [3.05, 3.63) is 30.3 Å². The molecule has 2 atom stereocenters. The van der Waals surface area contributed by atoms with Gasteiger partial charge in [0.2, 0.25) is 13.8 Å². The summed E-state index contributed by atoms with van der Waals surface area (Å²) < 4.78 is 35.0. The lowest BCUT2D eigenvalue weighted by molar-refractivity contribution is -0.0101. The first-order valence-electron chi connectivity index (χ1n) is 6.05. The van der Waals surface area contributed by atoms with E-state index >= 15 is 0 Å². The van der Waals surface area contributed by atoms with Gasteiger partial charge in [-0.1, -0.05) is 53.0 Å². The molecule has 9 heteroatoms. The van der Waals surface area contributed by atoms with Gasteiger partial charge < -0.3 is 9.47 Å². The van der Waals surface area contributed by atoms with Crippen LogP contribution in [-0.2, 0) is 19.5 Å². The molecule has 2 unspecified atom stereocenters. The maximum absolute atomic E-state index is 12.7. The molecule has 0 aromatic heterocycles. The van der Waals surface area contributed by atoms with Gasteiger partial charge in [-0.3, -0.25) is 0 Å². The number of nitrogens with zero attached hydrogens (tertiary/aromatic N) is 1. The summed E-state index contributed by atoms with van der Waals surface area (Å²) in [6.45, 7) is 0.266. The van der Waals surface area contributed by atoms with Crippen LogP contribution >= 0.6 is 34.8 Å². The molecule has 1 aliphatic heterocycles. The van der Waals surface area contributed by atoms with Crippen LogP contribution in [0.5, 0.6) is 0 Å². The minimum absolute atomic E-state index is 0.0592. The normalized spacial score (nSPS) is 24.4. The van der Waals surface area contributed by atoms with E-state index in [1.165, 1.54) is 19.2 Å². The van der Waals surface area contributed by atoms with Crippen LogP contribution < -0.4 is 0 Å². The molecular formula is C12H14Cl3NO4S. The summed E-state index contributed by atoms with van der Waals surface area (Å²) in [5.74, 6) is 0. The highest BCUT2D eigenvalue weighted by atomic mass is 35.6. The highest BCUT2D eigenvalue weighted by Gasteiger charge is 2.50. The van der Waals surface area contributed by atoms with Crippen LogP contribution in [0.4, 0.5) is 0 Å². The monoisotopic (exact) mass is 373 g/mol. The van der Waals surface area contributed by atoms with Gasteiger partial charge in [0.1, 0.15) is 0 Å². The molecule has 1 aliphatic rings. The van der Waals surface area contributed by atoms with Crippen molar-refractivity contribution in [1.82, 2.24) is 4.31 Å². The Morgan fingerprint density at radius 3 is 2.48 bits per heavy atom. The molecule has 5 nitrogen and oxygen atoms in total. The molecule has 2 rings (SSSR count). The van der Waals surface area contributed by atoms with E-state index in [1.807, 2.05) is 0 Å². The van der Waals surface area contributed by atoms with Gasteiger partial charge in [0.05, 0.1) is 17.6 Å². The molecule has 118 valence electrons. The molecule has 0 amide bonds. The maximum atomic E-state index is 12.7. The number of rotatable bonds is 4. The third kappa shape index (κ3) is 3.82. The minimum atomic E-state index is -3.82. The first-order valence-corrected chi connectivity index (χ1v) is 8.62. The van der Waals surface area contributed by atoms with E-state index in [9.17, 15) is 8.42 Å². The fourth-order valence-corrected chi connectivity index (χ4v) is 4.34. The topological polar surface area (TPSA) is 55.8 Å². The molecule has 1 heterocycles. The first-order chi connectivity index (χ1) is 9.76. The van der Waals surface area contributed by atoms with Gasteiger partial charge in [0, 0.05) is 13.7 Å². The Morgan fingerprint density at radius 1 is 1.33 bits per heavy atom. The van der Waals surface area contributed by atoms with Gasteiger partial charge in [-0.25, -0.2) is 8.42 Å². The quantitative estimate of drug-likeness (QED) is 0.760. The number of halogens is 3. The van der Waals surface area contributed by atoms with Gasteiger partial charge in [-0.15, -0.1) is 0 Å². The van der Waals surface area contributed by atoms with Crippen LogP contribution in [0.3, 0.4) is 0 Å². The molecule has 0 aliphatic carbocycles. The van der Waals surface area contributed by atoms with E-state index in [0.717, 1.165) is 4.31 Å². The van der Waals surface area contributed by atoms with Gasteiger partial charge in [-0.05, 0) is 12.1 Å². The summed E-state index contributed by atoms with van der Waals surface area (Å²) in [6.07, 6.45) is -1.69. The summed E-state index contributed by atoms with van der Waals surface area (Å²) >= 11 is 17.6. The standard InChI is InChI=1S/C12H14Cl3NO4S/c1-19-8-9-7-16(11(20-9)12(13,14)15)21(17,18)10-5-3-2-4-6-10/h2-6,9,11H,7-8H2,1H3. The van der Waals surface area contributed by atoms with Crippen LogP contribution in [0, 0.1) is 0 Å². The van der Waals surface area contributed by atoms with E-state index in [-0.39, 0.29) is 18.0 Å². The second-order valence-electron chi connectivity index (χ2n) is 4.50. The number of methoxy groups -OCH3 is 1. The summed E-state index contributed by atoms with van der Waals surface area (Å²) in [5.41, 5.74) is 0. The van der Waals surface area contributed by atoms with Crippen LogP contribution in [0.25, 0.3) is 0 Å². The minimum Gasteiger partial charge on any atom is -0.382 e. The highest BCUT2D eigenvalue weighted by molar-refractivity contribution is 7.89. The SMILES string of the molecule is COCC1CN(S(=O)(=O)c2ccccc2)C(C(Cl)(Cl)Cl)O1. The Balaban J connectivity index is 2.35. The lowest BCUT2D eigenvalue weighted by atomic mass is 10.4. The Labute approximate surface area is 138 Å². The zero-order valence-electron chi connectivity index (χ0n) is 11.1. The van der Waals surface area contributed by atoms with Crippen molar-refractivity contribution in [3.63, 3.8) is 0 Å². The van der Waals surface area contributed by atoms with Crippen molar-refractivity contribution in [2.45, 2.75) is 21.0 Å². The van der Waals surface area contributed by atoms with Crippen molar-refractivity contribution >= 4 is 44.8 Å². The molecule has 1 fully saturated rings. The number of hydrogen-bond donors (Lipinski definition) is 0. The molecule has 0 bridgehead atoms. The van der Waals surface area contributed by atoms with Crippen molar-refractivity contribution in [2.24, 2.45) is 0 Å². The van der Waals surface area contributed by atoms with E-state index in [2.05, 4.69) is 0 Å². The van der Waals surface area contributed by atoms with Crippen LogP contribution in [0.1, 0.15) is 0 Å². The second-order valence-corrected chi connectivity index (χ2v) is 8.75. The molecule has 1 saturated heterocycles. The van der Waals surface area contributed by atoms with E-state index in [1.54, 1.807) is 18.2 Å². The highest BCUT2D eigenvalue weighted by Crippen LogP contribution is 2.40. The largest absolute Gasteiger partial charge is 0.382 e. The first kappa shape index (κ1) is 17.3. The Morgan fingerprint density at radius 2 is 1.95 bits per heavy atom. The second kappa shape index (κ2) is 6.58. The van der Waals surface area contributed by atoms with Gasteiger partial charge in [-0.2, -0.15) is 4.31 Å². The fraction of sp³-hybridized carbons (Fsp3) is 0.500. The molecule has 21 heavy (non-hydrogen) atoms. The predicted molar refractivity (Wildman–Crippen MR) is 81.2 cm³/mol.